The van der Waals surface area contributed by atoms with Gasteiger partial charge in [0.15, 0.2) is 11.8 Å². The van der Waals surface area contributed by atoms with Crippen LogP contribution in [0.4, 0.5) is 8.78 Å². The molecule has 0 aliphatic carbocycles. The quantitative estimate of drug-likeness (QED) is 0.156. The Kier molecular flexibility index (Phi) is 10.2. The Hall–Kier alpha value is -3.97. The summed E-state index contributed by atoms with van der Waals surface area (Å²) in [4.78, 5) is 23.9. The van der Waals surface area contributed by atoms with E-state index in [0.717, 1.165) is 4.68 Å². The second-order valence-electron chi connectivity index (χ2n) is 11.6. The fourth-order valence-electron chi connectivity index (χ4n) is 4.49. The molecule has 2 heterocycles. The first-order valence-corrected chi connectivity index (χ1v) is 14.2. The van der Waals surface area contributed by atoms with Crippen LogP contribution in [0.5, 0.6) is 0 Å². The van der Waals surface area contributed by atoms with E-state index in [9.17, 15) is 18.7 Å². The van der Waals surface area contributed by atoms with Crippen molar-refractivity contribution >= 4 is 47.0 Å². The monoisotopic (exact) mass is 628 g/mol. The number of rotatable bonds is 10. The Balaban J connectivity index is 1.75. The van der Waals surface area contributed by atoms with E-state index in [4.69, 9.17) is 40.9 Å². The average molecular weight is 628 g/mol. The molecule has 10 nitrogen and oxygen atoms in total. The number of aliphatic hydroxyl groups excluding tert-OH is 1. The smallest absolute Gasteiger partial charge is 0.333 e. The van der Waals surface area contributed by atoms with Crippen LogP contribution < -0.4 is 5.73 Å². The van der Waals surface area contributed by atoms with Crippen LogP contribution >= 0.6 is 11.6 Å². The minimum absolute atomic E-state index is 0.0474. The maximum Gasteiger partial charge on any atom is 0.333 e. The molecular weight excluding hydrogens is 598 g/mol. The third-order valence-electron chi connectivity index (χ3n) is 6.88. The highest BCUT2D eigenvalue weighted by Gasteiger charge is 2.30. The van der Waals surface area contributed by atoms with Crippen LogP contribution in [-0.4, -0.2) is 83.1 Å². The van der Waals surface area contributed by atoms with Gasteiger partial charge in [-0.15, -0.1) is 0 Å². The van der Waals surface area contributed by atoms with Crippen molar-refractivity contribution in [1.82, 2.24) is 29.4 Å². The highest BCUT2D eigenvalue weighted by molar-refractivity contribution is 6.56. The maximum atomic E-state index is 14.1. The number of halogens is 3. The van der Waals surface area contributed by atoms with Gasteiger partial charge in [-0.2, -0.15) is 19.0 Å². The van der Waals surface area contributed by atoms with Gasteiger partial charge in [-0.25, -0.2) is 9.67 Å². The Morgan fingerprint density at radius 1 is 1.11 bits per heavy atom. The summed E-state index contributed by atoms with van der Waals surface area (Å²) in [7, 11) is 17.6. The lowest BCUT2D eigenvalue weighted by atomic mass is 9.49. The molecule has 0 unspecified atom stereocenters. The topological polar surface area (TPSA) is 127 Å². The molecule has 1 amide bonds. The number of nitrogens with zero attached hydrogens (tertiary/aromatic N) is 7. The second-order valence-corrected chi connectivity index (χ2v) is 12.0. The van der Waals surface area contributed by atoms with Crippen LogP contribution in [0.15, 0.2) is 66.2 Å². The summed E-state index contributed by atoms with van der Waals surface area (Å²) in [5.41, 5.74) is 8.39. The number of hydrogen-bond acceptors (Lipinski definition) is 6. The second kappa shape index (κ2) is 13.6. The lowest BCUT2D eigenvalue weighted by Crippen LogP contribution is -2.46. The molecule has 1 atom stereocenters. The van der Waals surface area contributed by atoms with Crippen LogP contribution in [0.3, 0.4) is 0 Å². The molecule has 0 spiro atoms. The van der Waals surface area contributed by atoms with E-state index < -0.39 is 30.3 Å². The van der Waals surface area contributed by atoms with Gasteiger partial charge in [0.2, 0.25) is 0 Å². The van der Waals surface area contributed by atoms with E-state index >= 15 is 0 Å². The first-order chi connectivity index (χ1) is 21.1. The zero-order valence-corrected chi connectivity index (χ0v) is 25.7. The molecule has 0 aliphatic heterocycles. The molecule has 4 aromatic rings. The van der Waals surface area contributed by atoms with Crippen LogP contribution in [0.1, 0.15) is 55.7 Å². The minimum atomic E-state index is -2.78. The fraction of sp³-hybridized carbons (Fsp3) is 0.345. The molecule has 228 valence electrons. The Labute approximate surface area is 268 Å². The van der Waals surface area contributed by atoms with Crippen molar-refractivity contribution in [3.8, 4) is 22.5 Å². The number of guanidine groups is 1. The lowest BCUT2D eigenvalue weighted by Gasteiger charge is -2.31. The van der Waals surface area contributed by atoms with E-state index in [1.54, 1.807) is 30.3 Å². The van der Waals surface area contributed by atoms with Gasteiger partial charge in [-0.1, -0.05) is 50.6 Å². The molecule has 45 heavy (non-hydrogen) atoms. The third-order valence-corrected chi connectivity index (χ3v) is 7.21. The first kappa shape index (κ1) is 33.9. The van der Waals surface area contributed by atoms with Gasteiger partial charge >= 0.3 is 6.55 Å². The molecule has 2 aromatic carbocycles. The number of aliphatic imine (C=N–C) groups is 1. The van der Waals surface area contributed by atoms with Crippen molar-refractivity contribution in [2.24, 2.45) is 16.1 Å². The predicted octanol–water partition coefficient (Wildman–Crippen LogP) is 3.86. The first-order valence-electron chi connectivity index (χ1n) is 13.8. The van der Waals surface area contributed by atoms with Crippen molar-refractivity contribution in [1.29, 1.82) is 0 Å². The van der Waals surface area contributed by atoms with Crippen LogP contribution in [0.25, 0.3) is 22.5 Å². The number of carbonyl (C=O) groups is 1. The molecule has 2 aromatic heterocycles. The summed E-state index contributed by atoms with van der Waals surface area (Å²) in [6.45, 7) is 3.16. The summed E-state index contributed by atoms with van der Waals surface area (Å²) in [5.74, 6) is -0.526. The van der Waals surface area contributed by atoms with Gasteiger partial charge in [0.05, 0.1) is 47.4 Å². The number of hydrogen-bond donors (Lipinski definition) is 2. The number of aromatic nitrogens is 5. The minimum Gasteiger partial charge on any atom is -0.394 e. The molecule has 0 saturated heterocycles. The summed E-state index contributed by atoms with van der Waals surface area (Å²) >= 11 is 6.51. The molecular formula is C29H30B3ClF2N8O2. The lowest BCUT2D eigenvalue weighted by molar-refractivity contribution is 0.0566. The van der Waals surface area contributed by atoms with E-state index in [0.29, 0.717) is 39.9 Å². The van der Waals surface area contributed by atoms with Crippen molar-refractivity contribution in [3.05, 3.63) is 77.3 Å². The Bertz CT molecular complexity index is 1670. The van der Waals surface area contributed by atoms with E-state index in [-0.39, 0.29) is 27.8 Å². The number of amides is 1. The number of benzene rings is 2. The van der Waals surface area contributed by atoms with Crippen molar-refractivity contribution in [3.63, 3.8) is 0 Å². The van der Waals surface area contributed by atoms with Crippen molar-refractivity contribution in [2.75, 3.05) is 13.2 Å². The molecule has 4 rings (SSSR count). The average Bonchev–Trinajstić information content (AvgIpc) is 3.66. The van der Waals surface area contributed by atoms with E-state index in [2.05, 4.69) is 40.9 Å². The van der Waals surface area contributed by atoms with Gasteiger partial charge < -0.3 is 10.8 Å². The van der Waals surface area contributed by atoms with Crippen molar-refractivity contribution < 1.29 is 18.7 Å². The zero-order valence-electron chi connectivity index (χ0n) is 25.0. The summed E-state index contributed by atoms with van der Waals surface area (Å²) < 4.78 is 27.6. The standard InChI is InChI=1S/C29H30B3ClF2N8O2/c1-28(2,3)10-11-37-27(36)42(25(45)18-6-4-17(5-7-18)20-13-39-41(14-20)26(34)35)23(15-44)19-8-9-22(33)21(12-19)24-38-16-40-43(24)29(30,31)32/h4-9,12-14,16,23,26,44H,10-11,15H2,1-3H3,(H2,36,37)/t23-/m1/s1. The third kappa shape index (κ3) is 8.01. The largest absolute Gasteiger partial charge is 0.394 e. The van der Waals surface area contributed by atoms with Gasteiger partial charge in [-0.3, -0.25) is 19.4 Å². The Morgan fingerprint density at radius 2 is 1.80 bits per heavy atom. The summed E-state index contributed by atoms with van der Waals surface area (Å²) in [6.07, 6.45) is 4.40. The predicted molar refractivity (Wildman–Crippen MR) is 171 cm³/mol. The molecule has 16 heteroatoms. The van der Waals surface area contributed by atoms with Crippen molar-refractivity contribution in [2.45, 2.75) is 45.0 Å². The number of nitrogens with two attached hydrogens (primary N) is 1. The van der Waals surface area contributed by atoms with Gasteiger partial charge in [0, 0.05) is 29.4 Å². The fourth-order valence-corrected chi connectivity index (χ4v) is 4.69. The highest BCUT2D eigenvalue weighted by atomic mass is 35.5. The van der Waals surface area contributed by atoms with Gasteiger partial charge in [0.25, 0.3) is 5.91 Å². The molecule has 6 radical (unpaired) electrons. The van der Waals surface area contributed by atoms with Gasteiger partial charge in [-0.05, 0) is 52.5 Å². The number of aliphatic hydroxyl groups is 1. The van der Waals surface area contributed by atoms with Crippen LogP contribution in [0, 0.1) is 5.41 Å². The molecule has 0 aliphatic rings. The highest BCUT2D eigenvalue weighted by Crippen LogP contribution is 2.33. The molecule has 0 saturated carbocycles. The SMILES string of the molecule is [B]C([B])([B])n1ncnc1-c1cc([C@@H](CO)N(C(=O)c2ccc(-c3cnn(C(F)F)c3)cc2)C(N)=NCCC(C)(C)C)ccc1Cl. The van der Waals surface area contributed by atoms with E-state index in [1.807, 2.05) is 0 Å². The normalized spacial score (nSPS) is 13.3. The number of carbonyl (C=O) groups excluding carboxylic acids is 1. The summed E-state index contributed by atoms with van der Waals surface area (Å²) in [6, 6.07) is 10.0. The van der Waals surface area contributed by atoms with Gasteiger partial charge in [0.1, 0.15) is 6.33 Å². The van der Waals surface area contributed by atoms with E-state index in [1.165, 1.54) is 35.8 Å². The van der Waals surface area contributed by atoms with Crippen LogP contribution in [-0.2, 0) is 5.24 Å². The van der Waals surface area contributed by atoms with Crippen LogP contribution in [0.2, 0.25) is 5.02 Å². The molecule has 0 fully saturated rings. The Morgan fingerprint density at radius 3 is 2.38 bits per heavy atom. The molecule has 0 bridgehead atoms. The zero-order chi connectivity index (χ0) is 33.1. The maximum absolute atomic E-state index is 14.1. The summed E-state index contributed by atoms with van der Waals surface area (Å²) in [5, 5.41) is 16.7. The number of alkyl halides is 2. The molecule has 3 N–H and O–H groups in total.